The Labute approximate surface area is 199 Å². The van der Waals surface area contributed by atoms with E-state index in [1.807, 2.05) is 19.1 Å². The number of thioether (sulfide) groups is 1. The summed E-state index contributed by atoms with van der Waals surface area (Å²) in [4.78, 5) is 29.1. The summed E-state index contributed by atoms with van der Waals surface area (Å²) < 4.78 is 28.9. The van der Waals surface area contributed by atoms with Crippen molar-refractivity contribution in [2.45, 2.75) is 18.3 Å². The molecule has 4 nitrogen and oxygen atoms in total. The van der Waals surface area contributed by atoms with Crippen LogP contribution in [0.5, 0.6) is 0 Å². The molecule has 1 atom stereocenters. The van der Waals surface area contributed by atoms with Gasteiger partial charge < -0.3 is 9.80 Å². The molecule has 0 saturated carbocycles. The Bertz CT molecular complexity index is 1260. The van der Waals surface area contributed by atoms with Gasteiger partial charge in [-0.15, -0.1) is 11.8 Å². The fourth-order valence-corrected chi connectivity index (χ4v) is 6.05. The highest BCUT2D eigenvalue weighted by atomic mass is 35.5. The Balaban J connectivity index is 1.61. The van der Waals surface area contributed by atoms with Crippen LogP contribution in [0, 0.1) is 18.6 Å². The highest BCUT2D eigenvalue weighted by Crippen LogP contribution is 2.55. The van der Waals surface area contributed by atoms with Crippen LogP contribution in [0.15, 0.2) is 60.7 Å². The standard InChI is InChI=1S/C25H19ClF2N2O2S/c1-15-5-10-22-19(13-15)25(24(32)29(22)14-18-20(27)3-2-4-21(18)28)30(11-12-33-25)23(31)16-6-8-17(26)9-7-16/h2-10,13H,11-12,14H2,1H3. The van der Waals surface area contributed by atoms with Crippen LogP contribution in [0.4, 0.5) is 14.5 Å². The van der Waals surface area contributed by atoms with E-state index in [2.05, 4.69) is 0 Å². The number of hydrogen-bond donors (Lipinski definition) is 0. The van der Waals surface area contributed by atoms with Crippen LogP contribution in [0.25, 0.3) is 0 Å². The fraction of sp³-hybridized carbons (Fsp3) is 0.200. The van der Waals surface area contributed by atoms with Gasteiger partial charge in [0.05, 0.1) is 12.2 Å². The summed E-state index contributed by atoms with van der Waals surface area (Å²) in [6.07, 6.45) is 0. The Kier molecular flexibility index (Phi) is 5.41. The Morgan fingerprint density at radius 1 is 1.09 bits per heavy atom. The van der Waals surface area contributed by atoms with E-state index in [0.717, 1.165) is 5.56 Å². The first-order valence-electron chi connectivity index (χ1n) is 10.4. The molecule has 1 fully saturated rings. The zero-order valence-electron chi connectivity index (χ0n) is 17.6. The van der Waals surface area contributed by atoms with Crippen LogP contribution in [0.3, 0.4) is 0 Å². The average molecular weight is 485 g/mol. The van der Waals surface area contributed by atoms with Gasteiger partial charge in [-0.25, -0.2) is 8.78 Å². The summed E-state index contributed by atoms with van der Waals surface area (Å²) in [6, 6.07) is 15.7. The number of carbonyl (C=O) groups excluding carboxylic acids is 2. The summed E-state index contributed by atoms with van der Waals surface area (Å²) in [7, 11) is 0. The molecule has 3 aromatic rings. The largest absolute Gasteiger partial charge is 0.311 e. The molecule has 2 heterocycles. The number of anilines is 1. The SMILES string of the molecule is Cc1ccc2c(c1)C1(SCCN1C(=O)c1ccc(Cl)cc1)C(=O)N2Cc1c(F)cccc1F. The molecule has 33 heavy (non-hydrogen) atoms. The molecule has 2 amide bonds. The zero-order valence-corrected chi connectivity index (χ0v) is 19.2. The second-order valence-corrected chi connectivity index (χ2v) is 9.79. The van der Waals surface area contributed by atoms with Gasteiger partial charge in [0.15, 0.2) is 4.87 Å². The number of fused-ring (bicyclic) bond motifs is 2. The average Bonchev–Trinajstić information content (AvgIpc) is 3.33. The minimum Gasteiger partial charge on any atom is -0.311 e. The van der Waals surface area contributed by atoms with Crippen molar-refractivity contribution in [3.05, 3.63) is 99.6 Å². The van der Waals surface area contributed by atoms with Crippen molar-refractivity contribution in [1.29, 1.82) is 0 Å². The molecular formula is C25H19ClF2N2O2S. The maximum atomic E-state index is 14.4. The highest BCUT2D eigenvalue weighted by Gasteiger charge is 2.59. The van der Waals surface area contributed by atoms with Crippen LogP contribution >= 0.6 is 23.4 Å². The summed E-state index contributed by atoms with van der Waals surface area (Å²) in [5.74, 6) is -1.55. The number of rotatable bonds is 3. The van der Waals surface area contributed by atoms with Gasteiger partial charge in [-0.1, -0.05) is 35.4 Å². The predicted octanol–water partition coefficient (Wildman–Crippen LogP) is 5.52. The summed E-state index contributed by atoms with van der Waals surface area (Å²) >= 11 is 7.34. The number of amides is 2. The molecule has 2 aliphatic heterocycles. The van der Waals surface area contributed by atoms with Crippen LogP contribution in [0.1, 0.15) is 27.0 Å². The topological polar surface area (TPSA) is 40.6 Å². The van der Waals surface area contributed by atoms with Crippen molar-refractivity contribution in [2.75, 3.05) is 17.2 Å². The number of aryl methyl sites for hydroxylation is 1. The lowest BCUT2D eigenvalue weighted by atomic mass is 10.0. The number of benzene rings is 3. The Morgan fingerprint density at radius 2 is 1.79 bits per heavy atom. The van der Waals surface area contributed by atoms with Crippen molar-refractivity contribution < 1.29 is 18.4 Å². The maximum Gasteiger partial charge on any atom is 0.268 e. The number of halogens is 3. The quantitative estimate of drug-likeness (QED) is 0.492. The van der Waals surface area contributed by atoms with E-state index < -0.39 is 16.5 Å². The molecule has 0 radical (unpaired) electrons. The molecule has 2 aliphatic rings. The highest BCUT2D eigenvalue weighted by molar-refractivity contribution is 8.01. The summed E-state index contributed by atoms with van der Waals surface area (Å²) in [6.45, 7) is 2.01. The molecule has 0 N–H and O–H groups in total. The van der Waals surface area contributed by atoms with Gasteiger partial charge in [0.25, 0.3) is 11.8 Å². The van der Waals surface area contributed by atoms with Crippen molar-refractivity contribution >= 4 is 40.9 Å². The number of carbonyl (C=O) groups is 2. The van der Waals surface area contributed by atoms with Gasteiger partial charge in [-0.3, -0.25) is 9.59 Å². The first-order chi connectivity index (χ1) is 15.8. The Hall–Kier alpha value is -2.90. The fourth-order valence-electron chi connectivity index (χ4n) is 4.48. The van der Waals surface area contributed by atoms with E-state index in [1.165, 1.54) is 34.9 Å². The number of hydrogen-bond acceptors (Lipinski definition) is 3. The maximum absolute atomic E-state index is 14.4. The molecule has 168 valence electrons. The molecule has 1 spiro atoms. The third-order valence-corrected chi connectivity index (χ3v) is 7.73. The minimum absolute atomic E-state index is 0.187. The van der Waals surface area contributed by atoms with Crippen molar-refractivity contribution in [3.8, 4) is 0 Å². The first kappa shape index (κ1) is 21.9. The normalized spacial score (nSPS) is 19.5. The van der Waals surface area contributed by atoms with Crippen molar-refractivity contribution in [2.24, 2.45) is 0 Å². The molecule has 0 bridgehead atoms. The molecule has 3 aromatic carbocycles. The second-order valence-electron chi connectivity index (χ2n) is 8.07. The van der Waals surface area contributed by atoms with Gasteiger partial charge >= 0.3 is 0 Å². The molecule has 8 heteroatoms. The summed E-state index contributed by atoms with van der Waals surface area (Å²) in [5, 5.41) is 0.507. The van der Waals surface area contributed by atoms with Gasteiger partial charge in [0.2, 0.25) is 0 Å². The lowest BCUT2D eigenvalue weighted by Gasteiger charge is -2.33. The lowest BCUT2D eigenvalue weighted by molar-refractivity contribution is -0.123. The molecule has 5 rings (SSSR count). The first-order valence-corrected chi connectivity index (χ1v) is 11.8. The monoisotopic (exact) mass is 484 g/mol. The van der Waals surface area contributed by atoms with E-state index in [1.54, 1.807) is 35.2 Å². The van der Waals surface area contributed by atoms with Crippen LogP contribution in [-0.4, -0.2) is 29.0 Å². The molecule has 1 saturated heterocycles. The van der Waals surface area contributed by atoms with E-state index in [9.17, 15) is 18.4 Å². The predicted molar refractivity (Wildman–Crippen MR) is 125 cm³/mol. The number of nitrogens with zero attached hydrogens (tertiary/aromatic N) is 2. The third-order valence-electron chi connectivity index (χ3n) is 6.06. The van der Waals surface area contributed by atoms with Gasteiger partial charge in [0, 0.05) is 34.0 Å². The van der Waals surface area contributed by atoms with E-state index >= 15 is 0 Å². The minimum atomic E-state index is -1.29. The lowest BCUT2D eigenvalue weighted by Crippen LogP contribution is -2.50. The van der Waals surface area contributed by atoms with Gasteiger partial charge in [-0.2, -0.15) is 0 Å². The van der Waals surface area contributed by atoms with E-state index in [-0.39, 0.29) is 23.9 Å². The van der Waals surface area contributed by atoms with Gasteiger partial charge in [0.1, 0.15) is 11.6 Å². The second kappa shape index (κ2) is 8.15. The molecule has 0 aromatic heterocycles. The van der Waals surface area contributed by atoms with Crippen molar-refractivity contribution in [1.82, 2.24) is 4.90 Å². The Morgan fingerprint density at radius 3 is 2.48 bits per heavy atom. The van der Waals surface area contributed by atoms with Gasteiger partial charge in [-0.05, 0) is 49.4 Å². The summed E-state index contributed by atoms with van der Waals surface area (Å²) in [5.41, 5.74) is 2.37. The van der Waals surface area contributed by atoms with Crippen LogP contribution in [0.2, 0.25) is 5.02 Å². The third kappa shape index (κ3) is 3.42. The molecule has 0 aliphatic carbocycles. The molecule has 1 unspecified atom stereocenters. The van der Waals surface area contributed by atoms with E-state index in [4.69, 9.17) is 11.6 Å². The zero-order chi connectivity index (χ0) is 23.3. The van der Waals surface area contributed by atoms with Crippen molar-refractivity contribution in [3.63, 3.8) is 0 Å². The van der Waals surface area contributed by atoms with E-state index in [0.29, 0.717) is 34.1 Å². The smallest absolute Gasteiger partial charge is 0.268 e. The molecular weight excluding hydrogens is 466 g/mol. The van der Waals surface area contributed by atoms with Crippen LogP contribution in [-0.2, 0) is 16.2 Å². The van der Waals surface area contributed by atoms with Crippen LogP contribution < -0.4 is 4.90 Å².